The lowest BCUT2D eigenvalue weighted by Gasteiger charge is -2.10. The Morgan fingerprint density at radius 2 is 1.77 bits per heavy atom. The number of non-ortho nitro benzene ring substituents is 1. The molecule has 2 rings (SSSR count). The summed E-state index contributed by atoms with van der Waals surface area (Å²) in [5, 5.41) is 24.6. The molecule has 0 spiro atoms. The number of rotatable bonds is 8. The van der Waals surface area contributed by atoms with Gasteiger partial charge in [0.25, 0.3) is 11.6 Å². The number of benzene rings is 1. The van der Waals surface area contributed by atoms with Crippen LogP contribution in [0.3, 0.4) is 0 Å². The zero-order chi connectivity index (χ0) is 19.1. The first-order valence-electron chi connectivity index (χ1n) is 7.09. The van der Waals surface area contributed by atoms with Crippen LogP contribution in [0.2, 0.25) is 0 Å². The zero-order valence-corrected chi connectivity index (χ0v) is 13.2. The summed E-state index contributed by atoms with van der Waals surface area (Å²) in [6.07, 6.45) is 2.58. The number of carbonyl (C=O) groups excluding carboxylic acids is 1. The van der Waals surface area contributed by atoms with E-state index in [9.17, 15) is 25.0 Å². The van der Waals surface area contributed by atoms with Gasteiger partial charge in [0.2, 0.25) is 11.6 Å². The second kappa shape index (κ2) is 8.14. The van der Waals surface area contributed by atoms with Crippen LogP contribution in [0, 0.1) is 20.2 Å². The summed E-state index contributed by atoms with van der Waals surface area (Å²) in [7, 11) is 0. The molecule has 0 radical (unpaired) electrons. The van der Waals surface area contributed by atoms with Gasteiger partial charge in [-0.15, -0.1) is 6.58 Å². The van der Waals surface area contributed by atoms with Crippen LogP contribution < -0.4 is 16.2 Å². The summed E-state index contributed by atoms with van der Waals surface area (Å²) < 4.78 is 0. The van der Waals surface area contributed by atoms with Crippen molar-refractivity contribution in [3.05, 3.63) is 69.0 Å². The molecule has 0 fully saturated rings. The fraction of sp³-hybridized carbons (Fsp3) is 0.0714. The maximum Gasteiger partial charge on any atom is 0.354 e. The Morgan fingerprint density at radius 3 is 2.35 bits per heavy atom. The summed E-state index contributed by atoms with van der Waals surface area (Å²) in [6.45, 7) is 3.73. The first kappa shape index (κ1) is 18.3. The maximum absolute atomic E-state index is 12.1. The van der Waals surface area contributed by atoms with Crippen molar-refractivity contribution in [3.8, 4) is 0 Å². The van der Waals surface area contributed by atoms with Crippen LogP contribution in [0.25, 0.3) is 0 Å². The van der Waals surface area contributed by atoms with E-state index in [-0.39, 0.29) is 29.4 Å². The average Bonchev–Trinajstić information content (AvgIpc) is 2.64. The van der Waals surface area contributed by atoms with Crippen molar-refractivity contribution < 1.29 is 14.6 Å². The number of carbonyl (C=O) groups is 1. The molecule has 0 aliphatic carbocycles. The van der Waals surface area contributed by atoms with Crippen LogP contribution in [0.5, 0.6) is 0 Å². The van der Waals surface area contributed by atoms with Gasteiger partial charge in [0.1, 0.15) is 6.33 Å². The highest BCUT2D eigenvalue weighted by Gasteiger charge is 2.23. The Labute approximate surface area is 146 Å². The molecule has 0 unspecified atom stereocenters. The number of hydrazine groups is 1. The van der Waals surface area contributed by atoms with Gasteiger partial charge in [0, 0.05) is 24.2 Å². The van der Waals surface area contributed by atoms with Crippen molar-refractivity contribution in [2.45, 2.75) is 0 Å². The molecular formula is C14H13N7O5. The van der Waals surface area contributed by atoms with E-state index in [4.69, 9.17) is 0 Å². The molecule has 2 aromatic rings. The second-order valence-electron chi connectivity index (χ2n) is 4.73. The predicted octanol–water partition coefficient (Wildman–Crippen LogP) is 1.65. The van der Waals surface area contributed by atoms with E-state index >= 15 is 0 Å². The molecule has 3 N–H and O–H groups in total. The fourth-order valence-corrected chi connectivity index (χ4v) is 1.86. The summed E-state index contributed by atoms with van der Waals surface area (Å²) in [6, 6.07) is 4.83. The number of hydrogen-bond acceptors (Lipinski definition) is 9. The molecule has 0 aliphatic rings. The molecule has 0 saturated heterocycles. The number of nitrogens with one attached hydrogen (secondary N) is 3. The van der Waals surface area contributed by atoms with Gasteiger partial charge in [0.15, 0.2) is 0 Å². The van der Waals surface area contributed by atoms with E-state index in [2.05, 4.69) is 32.7 Å². The van der Waals surface area contributed by atoms with Crippen LogP contribution in [0.1, 0.15) is 10.4 Å². The third-order valence-electron chi connectivity index (χ3n) is 3.05. The first-order valence-corrected chi connectivity index (χ1v) is 7.09. The molecule has 0 aliphatic heterocycles. The van der Waals surface area contributed by atoms with Crippen LogP contribution >= 0.6 is 0 Å². The number of amides is 1. The molecule has 0 saturated carbocycles. The minimum absolute atomic E-state index is 0.0445. The Kier molecular flexibility index (Phi) is 5.71. The summed E-state index contributed by atoms with van der Waals surface area (Å²) in [5.74, 6) is -0.933. The lowest BCUT2D eigenvalue weighted by Crippen LogP contribution is -2.30. The average molecular weight is 359 g/mol. The molecule has 0 bridgehead atoms. The highest BCUT2D eigenvalue weighted by Crippen LogP contribution is 2.28. The van der Waals surface area contributed by atoms with Crippen molar-refractivity contribution in [2.24, 2.45) is 0 Å². The van der Waals surface area contributed by atoms with Gasteiger partial charge in [-0.2, -0.15) is 0 Å². The monoisotopic (exact) mass is 359 g/mol. The van der Waals surface area contributed by atoms with Crippen molar-refractivity contribution >= 4 is 28.9 Å². The molecule has 134 valence electrons. The number of anilines is 2. The molecule has 0 atom stereocenters. The second-order valence-corrected chi connectivity index (χ2v) is 4.73. The third kappa shape index (κ3) is 4.25. The minimum Gasteiger partial charge on any atom is -0.361 e. The topological polar surface area (TPSA) is 165 Å². The lowest BCUT2D eigenvalue weighted by atomic mass is 10.2. The number of nitro benzene ring substituents is 1. The Hall–Kier alpha value is -4.09. The third-order valence-corrected chi connectivity index (χ3v) is 3.05. The minimum atomic E-state index is -0.703. The van der Waals surface area contributed by atoms with Gasteiger partial charge < -0.3 is 5.32 Å². The first-order chi connectivity index (χ1) is 12.4. The van der Waals surface area contributed by atoms with Gasteiger partial charge in [-0.1, -0.05) is 6.08 Å². The molecule has 1 amide bonds. The van der Waals surface area contributed by atoms with E-state index in [1.807, 2.05) is 0 Å². The van der Waals surface area contributed by atoms with E-state index in [0.29, 0.717) is 0 Å². The van der Waals surface area contributed by atoms with E-state index in [0.717, 1.165) is 6.33 Å². The Bertz CT molecular complexity index is 853. The number of aromatic nitrogens is 2. The standard InChI is InChI=1S/C14H13N7O5/c1-2-7-15-12-11(21(25)26)13(17-8-16-12)18-19-14(22)9-3-5-10(6-4-9)20(23)24/h2-6,8H,1,7H2,(H,19,22)(H2,15,16,17,18). The summed E-state index contributed by atoms with van der Waals surface area (Å²) >= 11 is 0. The summed E-state index contributed by atoms with van der Waals surface area (Å²) in [5.41, 5.74) is 4.08. The van der Waals surface area contributed by atoms with Gasteiger partial charge in [-0.3, -0.25) is 35.9 Å². The largest absolute Gasteiger partial charge is 0.361 e. The van der Waals surface area contributed by atoms with Crippen molar-refractivity contribution in [1.29, 1.82) is 0 Å². The number of nitrogens with zero attached hydrogens (tertiary/aromatic N) is 4. The van der Waals surface area contributed by atoms with Gasteiger partial charge in [-0.25, -0.2) is 9.97 Å². The number of nitro groups is 2. The van der Waals surface area contributed by atoms with Crippen LogP contribution in [0.4, 0.5) is 23.0 Å². The molecule has 1 aromatic carbocycles. The smallest absolute Gasteiger partial charge is 0.354 e. The quantitative estimate of drug-likeness (QED) is 0.361. The molecule has 1 aromatic heterocycles. The SMILES string of the molecule is C=CCNc1ncnc(NNC(=O)c2ccc([N+](=O)[O-])cc2)c1[N+](=O)[O-]. The highest BCUT2D eigenvalue weighted by molar-refractivity contribution is 5.95. The predicted molar refractivity (Wildman–Crippen MR) is 91.6 cm³/mol. The molecule has 1 heterocycles. The van der Waals surface area contributed by atoms with Crippen LogP contribution in [-0.4, -0.2) is 32.3 Å². The Morgan fingerprint density at radius 1 is 1.12 bits per heavy atom. The fourth-order valence-electron chi connectivity index (χ4n) is 1.86. The highest BCUT2D eigenvalue weighted by atomic mass is 16.6. The molecule has 26 heavy (non-hydrogen) atoms. The normalized spacial score (nSPS) is 9.85. The summed E-state index contributed by atoms with van der Waals surface area (Å²) in [4.78, 5) is 40.1. The van der Waals surface area contributed by atoms with Crippen LogP contribution in [-0.2, 0) is 0 Å². The van der Waals surface area contributed by atoms with E-state index in [1.54, 1.807) is 0 Å². The van der Waals surface area contributed by atoms with E-state index < -0.39 is 21.4 Å². The molecule has 12 heteroatoms. The molecular weight excluding hydrogens is 346 g/mol. The van der Waals surface area contributed by atoms with Crippen molar-refractivity contribution in [2.75, 3.05) is 17.3 Å². The van der Waals surface area contributed by atoms with Crippen molar-refractivity contribution in [1.82, 2.24) is 15.4 Å². The van der Waals surface area contributed by atoms with Gasteiger partial charge in [0.05, 0.1) is 9.85 Å². The van der Waals surface area contributed by atoms with E-state index in [1.165, 1.54) is 30.3 Å². The maximum atomic E-state index is 12.1. The lowest BCUT2D eigenvalue weighted by molar-refractivity contribution is -0.384. The molecule has 12 nitrogen and oxygen atoms in total. The number of hydrogen-bond donors (Lipinski definition) is 3. The van der Waals surface area contributed by atoms with Gasteiger partial charge >= 0.3 is 5.69 Å². The zero-order valence-electron chi connectivity index (χ0n) is 13.2. The van der Waals surface area contributed by atoms with Gasteiger partial charge in [-0.05, 0) is 12.1 Å². The van der Waals surface area contributed by atoms with Crippen molar-refractivity contribution in [3.63, 3.8) is 0 Å². The Balaban J connectivity index is 2.15. The van der Waals surface area contributed by atoms with Crippen LogP contribution in [0.15, 0.2) is 43.2 Å².